The van der Waals surface area contributed by atoms with Gasteiger partial charge in [-0.15, -0.1) is 0 Å². The third-order valence-electron chi connectivity index (χ3n) is 4.91. The van der Waals surface area contributed by atoms with Crippen LogP contribution < -0.4 is 20.9 Å². The SMILES string of the molecule is CSC1CCN(c2ccc(N3CCC[C@@H](NC(N)=O)C3=O)c(F)c2F)C1.O.O.[HH].[HH]. The molecule has 28 heavy (non-hydrogen) atoms. The maximum atomic E-state index is 14.7. The number of nitrogens with two attached hydrogens (primary N) is 1. The number of amides is 3. The Morgan fingerprint density at radius 2 is 1.86 bits per heavy atom. The van der Waals surface area contributed by atoms with Crippen LogP contribution in [0.1, 0.15) is 22.1 Å². The number of carbonyl (C=O) groups excluding carboxylic acids is 2. The number of benzene rings is 1. The predicted octanol–water partition coefficient (Wildman–Crippen LogP) is 0.913. The number of nitrogens with one attached hydrogen (secondary N) is 1. The van der Waals surface area contributed by atoms with Crippen LogP contribution in [0.15, 0.2) is 12.1 Å². The summed E-state index contributed by atoms with van der Waals surface area (Å²) in [4.78, 5) is 26.5. The van der Waals surface area contributed by atoms with E-state index in [4.69, 9.17) is 5.73 Å². The summed E-state index contributed by atoms with van der Waals surface area (Å²) in [6, 6.07) is 1.33. The maximum absolute atomic E-state index is 14.7. The second kappa shape index (κ2) is 9.89. The minimum atomic E-state index is -1.04. The number of primary amides is 1. The van der Waals surface area contributed by atoms with Gasteiger partial charge >= 0.3 is 6.03 Å². The van der Waals surface area contributed by atoms with Gasteiger partial charge in [0.25, 0.3) is 0 Å². The van der Waals surface area contributed by atoms with Crippen LogP contribution in [0.25, 0.3) is 0 Å². The van der Waals surface area contributed by atoms with Crippen LogP contribution in [0, 0.1) is 11.6 Å². The Balaban J connectivity index is 0. The zero-order chi connectivity index (χ0) is 18.8. The summed E-state index contributed by atoms with van der Waals surface area (Å²) in [5.41, 5.74) is 5.19. The van der Waals surface area contributed by atoms with E-state index >= 15 is 0 Å². The average Bonchev–Trinajstić information content (AvgIpc) is 3.08. The van der Waals surface area contributed by atoms with E-state index < -0.39 is 29.6 Å². The Labute approximate surface area is 169 Å². The van der Waals surface area contributed by atoms with Gasteiger partial charge in [0.1, 0.15) is 6.04 Å². The van der Waals surface area contributed by atoms with Gasteiger partial charge < -0.3 is 31.8 Å². The lowest BCUT2D eigenvalue weighted by Gasteiger charge is -2.33. The monoisotopic (exact) mass is 424 g/mol. The number of anilines is 2. The van der Waals surface area contributed by atoms with Crippen LogP contribution in [-0.4, -0.2) is 60.1 Å². The molecule has 11 heteroatoms. The Morgan fingerprint density at radius 3 is 2.46 bits per heavy atom. The van der Waals surface area contributed by atoms with Crippen molar-refractivity contribution in [1.29, 1.82) is 0 Å². The summed E-state index contributed by atoms with van der Waals surface area (Å²) < 4.78 is 29.4. The van der Waals surface area contributed by atoms with E-state index in [1.807, 2.05) is 11.2 Å². The van der Waals surface area contributed by atoms with Crippen LogP contribution in [0.4, 0.5) is 25.0 Å². The van der Waals surface area contributed by atoms with E-state index in [9.17, 15) is 18.4 Å². The quantitative estimate of drug-likeness (QED) is 0.741. The molecule has 3 amide bonds. The summed E-state index contributed by atoms with van der Waals surface area (Å²) in [6.45, 7) is 1.61. The van der Waals surface area contributed by atoms with Gasteiger partial charge in [0, 0.05) is 27.7 Å². The highest BCUT2D eigenvalue weighted by atomic mass is 32.2. The standard InChI is InChI=1S/C17H22F2N4O2S.2H2O.2H2/c1-26-10-6-8-22(9-10)12-4-5-13(15(19)14(12)18)23-7-2-3-11(16(23)24)21-17(20)25;;;;/h4-5,10-11H,2-3,6-9H2,1H3,(H3,20,21,25);2*1H2;2*1H/t10?,11-;;;;/m1..../s1. The molecule has 0 radical (unpaired) electrons. The van der Waals surface area contributed by atoms with Crippen molar-refractivity contribution in [2.45, 2.75) is 30.6 Å². The van der Waals surface area contributed by atoms with Crippen LogP contribution in [0.5, 0.6) is 0 Å². The van der Waals surface area contributed by atoms with Crippen LogP contribution >= 0.6 is 11.8 Å². The van der Waals surface area contributed by atoms with Gasteiger partial charge in [-0.1, -0.05) is 0 Å². The molecule has 2 aliphatic heterocycles. The molecule has 2 aliphatic rings. The van der Waals surface area contributed by atoms with Crippen molar-refractivity contribution in [2.24, 2.45) is 5.73 Å². The van der Waals surface area contributed by atoms with Crippen molar-refractivity contribution in [3.8, 4) is 0 Å². The second-order valence-corrected chi connectivity index (χ2v) is 7.66. The fourth-order valence-electron chi connectivity index (χ4n) is 3.54. The smallest absolute Gasteiger partial charge is 0.312 e. The molecule has 0 bridgehead atoms. The lowest BCUT2D eigenvalue weighted by atomic mass is 10.0. The number of thioether (sulfide) groups is 1. The first kappa shape index (κ1) is 23.9. The van der Waals surface area contributed by atoms with Gasteiger partial charge in [0.2, 0.25) is 5.91 Å². The number of hydrogen-bond donors (Lipinski definition) is 2. The highest BCUT2D eigenvalue weighted by molar-refractivity contribution is 7.99. The van der Waals surface area contributed by atoms with E-state index in [0.29, 0.717) is 31.2 Å². The largest absolute Gasteiger partial charge is 0.412 e. The molecule has 162 valence electrons. The Hall–Kier alpha value is -2.11. The summed E-state index contributed by atoms with van der Waals surface area (Å²) in [5.74, 6) is -2.46. The molecule has 0 spiro atoms. The first-order valence-corrected chi connectivity index (χ1v) is 9.84. The topological polar surface area (TPSA) is 142 Å². The molecule has 1 aromatic rings. The summed E-state index contributed by atoms with van der Waals surface area (Å²) in [7, 11) is 0. The minimum absolute atomic E-state index is 0. The van der Waals surface area contributed by atoms with Gasteiger partial charge in [-0.2, -0.15) is 11.8 Å². The van der Waals surface area contributed by atoms with Crippen LogP contribution in [-0.2, 0) is 4.79 Å². The van der Waals surface area contributed by atoms with Crippen LogP contribution in [0.3, 0.4) is 0 Å². The van der Waals surface area contributed by atoms with Crippen molar-refractivity contribution < 1.29 is 32.2 Å². The first-order chi connectivity index (χ1) is 12.4. The highest BCUT2D eigenvalue weighted by Gasteiger charge is 2.33. The molecule has 2 saturated heterocycles. The molecule has 8 nitrogen and oxygen atoms in total. The molecule has 2 fully saturated rings. The summed E-state index contributed by atoms with van der Waals surface area (Å²) in [5, 5.41) is 2.76. The first-order valence-electron chi connectivity index (χ1n) is 8.55. The molecule has 7 N–H and O–H groups in total. The lowest BCUT2D eigenvalue weighted by Crippen LogP contribution is -2.53. The Morgan fingerprint density at radius 1 is 1.21 bits per heavy atom. The second-order valence-electron chi connectivity index (χ2n) is 6.52. The molecule has 0 aliphatic carbocycles. The van der Waals surface area contributed by atoms with Gasteiger partial charge in [-0.05, 0) is 37.7 Å². The third-order valence-corrected chi connectivity index (χ3v) is 5.96. The molecule has 2 atom stereocenters. The number of rotatable bonds is 4. The van der Waals surface area contributed by atoms with E-state index in [0.717, 1.165) is 6.42 Å². The van der Waals surface area contributed by atoms with E-state index in [-0.39, 0.29) is 31.7 Å². The molecule has 1 aromatic carbocycles. The van der Waals surface area contributed by atoms with Crippen molar-refractivity contribution in [3.05, 3.63) is 23.8 Å². The molecule has 3 rings (SSSR count). The highest BCUT2D eigenvalue weighted by Crippen LogP contribution is 2.34. The number of piperidine rings is 1. The summed E-state index contributed by atoms with van der Waals surface area (Å²) in [6.07, 6.45) is 3.91. The van der Waals surface area contributed by atoms with Crippen molar-refractivity contribution >= 4 is 35.1 Å². The molecule has 2 heterocycles. The molecule has 0 saturated carbocycles. The van der Waals surface area contributed by atoms with Gasteiger partial charge in [-0.25, -0.2) is 13.6 Å². The number of urea groups is 1. The van der Waals surface area contributed by atoms with Crippen molar-refractivity contribution in [2.75, 3.05) is 35.7 Å². The predicted molar refractivity (Wildman–Crippen MR) is 110 cm³/mol. The normalized spacial score (nSPS) is 21.8. The average molecular weight is 425 g/mol. The zero-order valence-electron chi connectivity index (χ0n) is 15.5. The molecule has 0 aromatic heterocycles. The van der Waals surface area contributed by atoms with E-state index in [2.05, 4.69) is 5.32 Å². The maximum Gasteiger partial charge on any atom is 0.312 e. The molecular weight excluding hydrogens is 394 g/mol. The minimum Gasteiger partial charge on any atom is -0.412 e. The van der Waals surface area contributed by atoms with Gasteiger partial charge in [0.15, 0.2) is 11.6 Å². The van der Waals surface area contributed by atoms with Crippen molar-refractivity contribution in [3.63, 3.8) is 0 Å². The van der Waals surface area contributed by atoms with E-state index in [1.54, 1.807) is 11.8 Å². The number of nitrogens with zero attached hydrogens (tertiary/aromatic N) is 2. The Bertz CT molecular complexity index is 735. The van der Waals surface area contributed by atoms with Gasteiger partial charge in [-0.3, -0.25) is 4.79 Å². The van der Waals surface area contributed by atoms with E-state index in [1.165, 1.54) is 17.0 Å². The third kappa shape index (κ3) is 4.65. The zero-order valence-corrected chi connectivity index (χ0v) is 16.3. The fourth-order valence-corrected chi connectivity index (χ4v) is 4.21. The Kier molecular flexibility index (Phi) is 8.46. The number of hydrogen-bond acceptors (Lipinski definition) is 4. The molecular formula is C17H30F2N4O4S. The van der Waals surface area contributed by atoms with Crippen molar-refractivity contribution in [1.82, 2.24) is 5.32 Å². The number of halogens is 2. The molecule has 1 unspecified atom stereocenters. The van der Waals surface area contributed by atoms with Crippen LogP contribution in [0.2, 0.25) is 0 Å². The summed E-state index contributed by atoms with van der Waals surface area (Å²) >= 11 is 1.72. The fraction of sp³-hybridized carbons (Fsp3) is 0.529. The van der Waals surface area contributed by atoms with Gasteiger partial charge in [0.05, 0.1) is 11.4 Å². The number of carbonyl (C=O) groups is 2. The lowest BCUT2D eigenvalue weighted by molar-refractivity contribution is -0.121.